The van der Waals surface area contributed by atoms with Crippen LogP contribution in [0.15, 0.2) is 23.7 Å². The van der Waals surface area contributed by atoms with E-state index in [1.54, 1.807) is 0 Å². The minimum atomic E-state index is -0.453. The molecule has 1 saturated heterocycles. The van der Waals surface area contributed by atoms with Crippen LogP contribution in [0.4, 0.5) is 0 Å². The van der Waals surface area contributed by atoms with Crippen LogP contribution >= 0.6 is 0 Å². The van der Waals surface area contributed by atoms with Crippen LogP contribution in [0.2, 0.25) is 0 Å². The van der Waals surface area contributed by atoms with Crippen molar-refractivity contribution in [2.24, 2.45) is 0 Å². The Morgan fingerprint density at radius 3 is 2.06 bits per heavy atom. The molecule has 0 radical (unpaired) electrons. The molecule has 0 bridgehead atoms. The SMILES string of the molecule is CC=CC=C(CO)B1OC(C)(C)C(C)(C)O1. The van der Waals surface area contributed by atoms with Crippen molar-refractivity contribution in [3.63, 3.8) is 0 Å². The summed E-state index contributed by atoms with van der Waals surface area (Å²) >= 11 is 0. The van der Waals surface area contributed by atoms with E-state index in [1.807, 2.05) is 52.8 Å². The van der Waals surface area contributed by atoms with E-state index >= 15 is 0 Å². The maximum absolute atomic E-state index is 9.29. The summed E-state index contributed by atoms with van der Waals surface area (Å²) in [6.45, 7) is 9.86. The minimum Gasteiger partial charge on any atom is -0.400 e. The summed E-state index contributed by atoms with van der Waals surface area (Å²) in [6.07, 6.45) is 5.61. The lowest BCUT2D eigenvalue weighted by atomic mass is 9.78. The fourth-order valence-corrected chi connectivity index (χ4v) is 1.42. The second-order valence-electron chi connectivity index (χ2n) is 5.01. The van der Waals surface area contributed by atoms with E-state index in [9.17, 15) is 5.11 Å². The summed E-state index contributed by atoms with van der Waals surface area (Å²) in [4.78, 5) is 0. The highest BCUT2D eigenvalue weighted by molar-refractivity contribution is 6.54. The first-order valence-corrected chi connectivity index (χ1v) is 5.62. The van der Waals surface area contributed by atoms with Crippen molar-refractivity contribution < 1.29 is 14.4 Å². The van der Waals surface area contributed by atoms with Gasteiger partial charge in [-0.3, -0.25) is 0 Å². The minimum absolute atomic E-state index is 0.0544. The standard InChI is InChI=1S/C12H21BO3/c1-6-7-8-10(9-14)13-15-11(2,3)12(4,5)16-13/h6-8,14H,9H2,1-5H3. The molecule has 0 aromatic carbocycles. The summed E-state index contributed by atoms with van der Waals surface area (Å²) in [5.74, 6) is 0. The molecule has 0 aromatic heterocycles. The highest BCUT2D eigenvalue weighted by Crippen LogP contribution is 2.38. The van der Waals surface area contributed by atoms with Crippen molar-refractivity contribution in [1.82, 2.24) is 0 Å². The van der Waals surface area contributed by atoms with Crippen molar-refractivity contribution in [1.29, 1.82) is 0 Å². The Labute approximate surface area is 98.3 Å². The van der Waals surface area contributed by atoms with Gasteiger partial charge in [0.25, 0.3) is 0 Å². The fourth-order valence-electron chi connectivity index (χ4n) is 1.42. The Morgan fingerprint density at radius 2 is 1.69 bits per heavy atom. The molecule has 0 saturated carbocycles. The summed E-state index contributed by atoms with van der Waals surface area (Å²) < 4.78 is 11.7. The Bertz CT molecular complexity index is 289. The van der Waals surface area contributed by atoms with Gasteiger partial charge in [0.15, 0.2) is 0 Å². The monoisotopic (exact) mass is 224 g/mol. The molecule has 1 heterocycles. The van der Waals surface area contributed by atoms with Crippen LogP contribution < -0.4 is 0 Å². The molecule has 4 heteroatoms. The van der Waals surface area contributed by atoms with Crippen molar-refractivity contribution >= 4 is 7.12 Å². The van der Waals surface area contributed by atoms with E-state index in [2.05, 4.69) is 0 Å². The molecule has 3 nitrogen and oxygen atoms in total. The molecule has 1 rings (SSSR count). The second-order valence-corrected chi connectivity index (χ2v) is 5.01. The Balaban J connectivity index is 2.85. The van der Waals surface area contributed by atoms with E-state index in [1.165, 1.54) is 0 Å². The van der Waals surface area contributed by atoms with Gasteiger partial charge in [-0.1, -0.05) is 18.2 Å². The molecule has 0 spiro atoms. The molecule has 1 fully saturated rings. The first-order valence-electron chi connectivity index (χ1n) is 5.62. The zero-order chi connectivity index (χ0) is 12.4. The number of hydrogen-bond donors (Lipinski definition) is 1. The maximum Gasteiger partial charge on any atom is 0.492 e. The highest BCUT2D eigenvalue weighted by atomic mass is 16.7. The molecule has 0 unspecified atom stereocenters. The third-order valence-corrected chi connectivity index (χ3v) is 3.24. The molecule has 1 aliphatic heterocycles. The summed E-state index contributed by atoms with van der Waals surface area (Å²) in [5.41, 5.74) is 0.0285. The Kier molecular flexibility index (Phi) is 3.99. The van der Waals surface area contributed by atoms with Crippen LogP contribution in [0.3, 0.4) is 0 Å². The molecule has 1 N–H and O–H groups in total. The van der Waals surface area contributed by atoms with E-state index in [-0.39, 0.29) is 17.8 Å². The Morgan fingerprint density at radius 1 is 1.19 bits per heavy atom. The van der Waals surface area contributed by atoms with Gasteiger partial charge >= 0.3 is 7.12 Å². The molecular formula is C12H21BO3. The van der Waals surface area contributed by atoms with Gasteiger partial charge in [0, 0.05) is 0 Å². The largest absolute Gasteiger partial charge is 0.492 e. The van der Waals surface area contributed by atoms with Gasteiger partial charge in [-0.15, -0.1) is 0 Å². The summed E-state index contributed by atoms with van der Waals surface area (Å²) in [6, 6.07) is 0. The third-order valence-electron chi connectivity index (χ3n) is 3.24. The van der Waals surface area contributed by atoms with Crippen molar-refractivity contribution in [3.05, 3.63) is 23.7 Å². The van der Waals surface area contributed by atoms with Gasteiger partial charge < -0.3 is 14.4 Å². The highest BCUT2D eigenvalue weighted by Gasteiger charge is 2.52. The van der Waals surface area contributed by atoms with E-state index in [0.29, 0.717) is 0 Å². The van der Waals surface area contributed by atoms with Gasteiger partial charge in [0.1, 0.15) is 0 Å². The first-order chi connectivity index (χ1) is 7.34. The van der Waals surface area contributed by atoms with Crippen molar-refractivity contribution in [3.8, 4) is 0 Å². The van der Waals surface area contributed by atoms with Crippen LogP contribution in [0.25, 0.3) is 0 Å². The maximum atomic E-state index is 9.29. The molecule has 0 aliphatic carbocycles. The third kappa shape index (κ3) is 2.57. The van der Waals surface area contributed by atoms with Crippen LogP contribution in [0, 0.1) is 0 Å². The summed E-state index contributed by atoms with van der Waals surface area (Å²) in [7, 11) is -0.453. The van der Waals surface area contributed by atoms with Gasteiger partial charge in [0.05, 0.1) is 17.8 Å². The lowest BCUT2D eigenvalue weighted by Gasteiger charge is -2.32. The molecule has 1 aliphatic rings. The molecule has 0 atom stereocenters. The van der Waals surface area contributed by atoms with Crippen LogP contribution in [0.5, 0.6) is 0 Å². The van der Waals surface area contributed by atoms with E-state index < -0.39 is 7.12 Å². The van der Waals surface area contributed by atoms with Crippen LogP contribution in [0.1, 0.15) is 34.6 Å². The zero-order valence-electron chi connectivity index (χ0n) is 10.8. The van der Waals surface area contributed by atoms with E-state index in [4.69, 9.17) is 9.31 Å². The van der Waals surface area contributed by atoms with Gasteiger partial charge in [-0.25, -0.2) is 0 Å². The Hall–Kier alpha value is -0.575. The van der Waals surface area contributed by atoms with Crippen LogP contribution in [-0.4, -0.2) is 30.0 Å². The predicted octanol–water partition coefficient (Wildman–Crippen LogP) is 2.11. The number of aliphatic hydroxyl groups is 1. The molecular weight excluding hydrogens is 203 g/mol. The number of aliphatic hydroxyl groups excluding tert-OH is 1. The molecule has 90 valence electrons. The lowest BCUT2D eigenvalue weighted by molar-refractivity contribution is 0.00578. The average molecular weight is 224 g/mol. The molecule has 16 heavy (non-hydrogen) atoms. The number of allylic oxidation sites excluding steroid dienone is 3. The number of hydrogen-bond acceptors (Lipinski definition) is 3. The zero-order valence-corrected chi connectivity index (χ0v) is 10.8. The van der Waals surface area contributed by atoms with Crippen molar-refractivity contribution in [2.75, 3.05) is 6.61 Å². The van der Waals surface area contributed by atoms with Gasteiger partial charge in [-0.2, -0.15) is 0 Å². The van der Waals surface area contributed by atoms with E-state index in [0.717, 1.165) is 5.47 Å². The second kappa shape index (κ2) is 4.74. The van der Waals surface area contributed by atoms with Gasteiger partial charge in [-0.05, 0) is 40.1 Å². The summed E-state index contributed by atoms with van der Waals surface area (Å²) in [5, 5.41) is 9.29. The number of rotatable bonds is 3. The fraction of sp³-hybridized carbons (Fsp3) is 0.667. The smallest absolute Gasteiger partial charge is 0.400 e. The van der Waals surface area contributed by atoms with Gasteiger partial charge in [0.2, 0.25) is 0 Å². The van der Waals surface area contributed by atoms with Crippen LogP contribution in [-0.2, 0) is 9.31 Å². The first kappa shape index (κ1) is 13.5. The van der Waals surface area contributed by atoms with Crippen molar-refractivity contribution in [2.45, 2.75) is 45.8 Å². The molecule has 0 amide bonds. The lowest BCUT2D eigenvalue weighted by Crippen LogP contribution is -2.41. The topological polar surface area (TPSA) is 38.7 Å². The normalized spacial score (nSPS) is 24.4. The predicted molar refractivity (Wildman–Crippen MR) is 66.1 cm³/mol. The quantitative estimate of drug-likeness (QED) is 0.589. The molecule has 0 aromatic rings. The average Bonchev–Trinajstić information content (AvgIpc) is 2.37.